The first-order chi connectivity index (χ1) is 9.79. The molecule has 0 aliphatic rings. The smallest absolute Gasteiger partial charge is 0.226 e. The van der Waals surface area contributed by atoms with Crippen LogP contribution in [0.15, 0.2) is 47.1 Å². The van der Waals surface area contributed by atoms with E-state index in [0.717, 1.165) is 23.2 Å². The summed E-state index contributed by atoms with van der Waals surface area (Å²) in [4.78, 5) is 4.45. The SMILES string of the molecule is CCNCc1coc(-c2ccc(F)c3ccccc23)n1. The van der Waals surface area contributed by atoms with Crippen molar-refractivity contribution in [1.82, 2.24) is 10.3 Å². The third kappa shape index (κ3) is 2.30. The van der Waals surface area contributed by atoms with Crippen LogP contribution in [-0.2, 0) is 6.54 Å². The molecular weight excluding hydrogens is 255 g/mol. The number of halogens is 1. The highest BCUT2D eigenvalue weighted by molar-refractivity contribution is 5.95. The van der Waals surface area contributed by atoms with Crippen LogP contribution >= 0.6 is 0 Å². The summed E-state index contributed by atoms with van der Waals surface area (Å²) in [6.45, 7) is 3.58. The van der Waals surface area contributed by atoms with Crippen molar-refractivity contribution in [3.8, 4) is 11.5 Å². The average molecular weight is 270 g/mol. The van der Waals surface area contributed by atoms with Crippen molar-refractivity contribution >= 4 is 10.8 Å². The predicted molar refractivity (Wildman–Crippen MR) is 76.8 cm³/mol. The molecule has 0 fully saturated rings. The number of hydrogen-bond donors (Lipinski definition) is 1. The Bertz CT molecular complexity index is 736. The number of oxazole rings is 1. The van der Waals surface area contributed by atoms with E-state index in [1.54, 1.807) is 18.4 Å². The molecule has 0 atom stereocenters. The van der Waals surface area contributed by atoms with Gasteiger partial charge in [0.05, 0.1) is 5.69 Å². The molecule has 0 unspecified atom stereocenters. The van der Waals surface area contributed by atoms with Gasteiger partial charge in [-0.2, -0.15) is 0 Å². The van der Waals surface area contributed by atoms with Gasteiger partial charge in [-0.1, -0.05) is 31.2 Å². The van der Waals surface area contributed by atoms with Crippen molar-refractivity contribution in [2.45, 2.75) is 13.5 Å². The van der Waals surface area contributed by atoms with E-state index in [1.165, 1.54) is 6.07 Å². The lowest BCUT2D eigenvalue weighted by atomic mass is 10.0. The van der Waals surface area contributed by atoms with E-state index in [9.17, 15) is 4.39 Å². The predicted octanol–water partition coefficient (Wildman–Crippen LogP) is 3.74. The first-order valence-electron chi connectivity index (χ1n) is 6.62. The summed E-state index contributed by atoms with van der Waals surface area (Å²) in [5.41, 5.74) is 1.65. The Morgan fingerprint density at radius 2 is 1.95 bits per heavy atom. The zero-order chi connectivity index (χ0) is 13.9. The minimum Gasteiger partial charge on any atom is -0.444 e. The van der Waals surface area contributed by atoms with Crippen molar-refractivity contribution in [2.24, 2.45) is 0 Å². The summed E-state index contributed by atoms with van der Waals surface area (Å²) < 4.78 is 19.3. The Morgan fingerprint density at radius 3 is 2.75 bits per heavy atom. The molecule has 0 saturated heterocycles. The molecule has 0 radical (unpaired) electrons. The van der Waals surface area contributed by atoms with Crippen LogP contribution in [0.3, 0.4) is 0 Å². The summed E-state index contributed by atoms with van der Waals surface area (Å²) >= 11 is 0. The second-order valence-corrected chi connectivity index (χ2v) is 4.56. The van der Waals surface area contributed by atoms with Gasteiger partial charge in [0, 0.05) is 17.5 Å². The van der Waals surface area contributed by atoms with Crippen LogP contribution in [0.25, 0.3) is 22.2 Å². The van der Waals surface area contributed by atoms with E-state index < -0.39 is 0 Å². The second-order valence-electron chi connectivity index (χ2n) is 4.56. The molecule has 0 saturated carbocycles. The Balaban J connectivity index is 2.06. The maximum absolute atomic E-state index is 13.8. The summed E-state index contributed by atoms with van der Waals surface area (Å²) in [6.07, 6.45) is 1.64. The second kappa shape index (κ2) is 5.43. The minimum atomic E-state index is -0.233. The highest BCUT2D eigenvalue weighted by Gasteiger charge is 2.12. The number of benzene rings is 2. The number of aromatic nitrogens is 1. The fraction of sp³-hybridized carbons (Fsp3) is 0.188. The topological polar surface area (TPSA) is 38.1 Å². The third-order valence-electron chi connectivity index (χ3n) is 3.21. The molecule has 4 heteroatoms. The maximum atomic E-state index is 13.8. The minimum absolute atomic E-state index is 0.233. The quantitative estimate of drug-likeness (QED) is 0.784. The first kappa shape index (κ1) is 12.8. The van der Waals surface area contributed by atoms with Crippen molar-refractivity contribution in [2.75, 3.05) is 6.54 Å². The van der Waals surface area contributed by atoms with E-state index >= 15 is 0 Å². The van der Waals surface area contributed by atoms with Crippen LogP contribution < -0.4 is 5.32 Å². The third-order valence-corrected chi connectivity index (χ3v) is 3.21. The Morgan fingerprint density at radius 1 is 1.15 bits per heavy atom. The standard InChI is InChI=1S/C16H15FN2O/c1-2-18-9-11-10-20-16(19-11)14-7-8-15(17)13-6-4-3-5-12(13)14/h3-8,10,18H,2,9H2,1H3. The van der Waals surface area contributed by atoms with Crippen LogP contribution in [0.4, 0.5) is 4.39 Å². The van der Waals surface area contributed by atoms with E-state index in [2.05, 4.69) is 10.3 Å². The normalized spacial score (nSPS) is 11.1. The van der Waals surface area contributed by atoms with E-state index in [4.69, 9.17) is 4.42 Å². The number of nitrogens with one attached hydrogen (secondary N) is 1. The molecule has 2 aromatic carbocycles. The van der Waals surface area contributed by atoms with Gasteiger partial charge in [0.1, 0.15) is 12.1 Å². The van der Waals surface area contributed by atoms with Crippen molar-refractivity contribution in [1.29, 1.82) is 0 Å². The summed E-state index contributed by atoms with van der Waals surface area (Å²) in [5, 5.41) is 4.58. The monoisotopic (exact) mass is 270 g/mol. The summed E-state index contributed by atoms with van der Waals surface area (Å²) in [7, 11) is 0. The zero-order valence-corrected chi connectivity index (χ0v) is 11.2. The highest BCUT2D eigenvalue weighted by Crippen LogP contribution is 2.29. The average Bonchev–Trinajstić information content (AvgIpc) is 2.94. The molecule has 0 aliphatic heterocycles. The number of rotatable bonds is 4. The molecular formula is C16H15FN2O. The zero-order valence-electron chi connectivity index (χ0n) is 11.2. The van der Waals surface area contributed by atoms with Gasteiger partial charge in [-0.05, 0) is 24.1 Å². The van der Waals surface area contributed by atoms with Crippen molar-refractivity contribution < 1.29 is 8.81 Å². The van der Waals surface area contributed by atoms with Gasteiger partial charge in [-0.3, -0.25) is 0 Å². The van der Waals surface area contributed by atoms with Crippen LogP contribution in [0.1, 0.15) is 12.6 Å². The van der Waals surface area contributed by atoms with Crippen molar-refractivity contribution in [3.05, 3.63) is 54.2 Å². The van der Waals surface area contributed by atoms with Gasteiger partial charge in [0.25, 0.3) is 0 Å². The molecule has 1 heterocycles. The van der Waals surface area contributed by atoms with E-state index in [0.29, 0.717) is 17.8 Å². The van der Waals surface area contributed by atoms with Gasteiger partial charge in [0.2, 0.25) is 5.89 Å². The summed E-state index contributed by atoms with van der Waals surface area (Å²) in [5.74, 6) is 0.290. The maximum Gasteiger partial charge on any atom is 0.226 e. The van der Waals surface area contributed by atoms with Crippen LogP contribution in [-0.4, -0.2) is 11.5 Å². The Labute approximate surface area is 116 Å². The molecule has 3 rings (SSSR count). The van der Waals surface area contributed by atoms with Crippen LogP contribution in [0, 0.1) is 5.82 Å². The van der Waals surface area contributed by atoms with Gasteiger partial charge in [-0.15, -0.1) is 0 Å². The van der Waals surface area contributed by atoms with Crippen LogP contribution in [0.2, 0.25) is 0 Å². The van der Waals surface area contributed by atoms with Crippen molar-refractivity contribution in [3.63, 3.8) is 0 Å². The van der Waals surface area contributed by atoms with Gasteiger partial charge >= 0.3 is 0 Å². The Kier molecular flexibility index (Phi) is 3.48. The lowest BCUT2D eigenvalue weighted by molar-refractivity contribution is 0.571. The molecule has 102 valence electrons. The summed E-state index contributed by atoms with van der Waals surface area (Å²) in [6, 6.07) is 10.5. The molecule has 1 aromatic heterocycles. The van der Waals surface area contributed by atoms with Gasteiger partial charge < -0.3 is 9.73 Å². The highest BCUT2D eigenvalue weighted by atomic mass is 19.1. The van der Waals surface area contributed by atoms with E-state index in [1.807, 2.05) is 25.1 Å². The largest absolute Gasteiger partial charge is 0.444 e. The van der Waals surface area contributed by atoms with E-state index in [-0.39, 0.29) is 5.82 Å². The van der Waals surface area contributed by atoms with Gasteiger partial charge in [-0.25, -0.2) is 9.37 Å². The fourth-order valence-corrected chi connectivity index (χ4v) is 2.21. The van der Waals surface area contributed by atoms with Gasteiger partial charge in [0.15, 0.2) is 0 Å². The first-order valence-corrected chi connectivity index (χ1v) is 6.62. The fourth-order valence-electron chi connectivity index (χ4n) is 2.21. The molecule has 0 bridgehead atoms. The molecule has 1 N–H and O–H groups in total. The molecule has 20 heavy (non-hydrogen) atoms. The molecule has 0 amide bonds. The lowest BCUT2D eigenvalue weighted by Crippen LogP contribution is -2.11. The molecule has 0 spiro atoms. The molecule has 0 aliphatic carbocycles. The van der Waals surface area contributed by atoms with Crippen LogP contribution in [0.5, 0.6) is 0 Å². The number of hydrogen-bond acceptors (Lipinski definition) is 3. The molecule has 3 nitrogen and oxygen atoms in total. The number of nitrogens with zero attached hydrogens (tertiary/aromatic N) is 1. The Hall–Kier alpha value is -2.20. The lowest BCUT2D eigenvalue weighted by Gasteiger charge is -2.03. The number of fused-ring (bicyclic) bond motifs is 1. The molecule has 3 aromatic rings.